The van der Waals surface area contributed by atoms with Gasteiger partial charge in [-0.3, -0.25) is 4.79 Å². The fourth-order valence-corrected chi connectivity index (χ4v) is 2.79. The van der Waals surface area contributed by atoms with Crippen LogP contribution < -0.4 is 5.32 Å². The number of rotatable bonds is 4. The van der Waals surface area contributed by atoms with Gasteiger partial charge in [0, 0.05) is 16.3 Å². The van der Waals surface area contributed by atoms with Gasteiger partial charge in [0.1, 0.15) is 11.2 Å². The van der Waals surface area contributed by atoms with E-state index in [1.54, 1.807) is 24.3 Å². The average Bonchev–Trinajstić information content (AvgIpc) is 3.27. The number of nitrogens with zero attached hydrogens (tertiary/aromatic N) is 2. The van der Waals surface area contributed by atoms with Crippen molar-refractivity contribution >= 4 is 23.2 Å². The van der Waals surface area contributed by atoms with Crippen molar-refractivity contribution in [2.75, 3.05) is 5.32 Å². The molecule has 5 nitrogen and oxygen atoms in total. The number of anilines is 1. The Balaban J connectivity index is 1.57. The molecule has 0 aliphatic heterocycles. The van der Waals surface area contributed by atoms with Crippen molar-refractivity contribution < 1.29 is 13.6 Å². The Kier molecular flexibility index (Phi) is 3.77. The van der Waals surface area contributed by atoms with Crippen LogP contribution in [-0.4, -0.2) is 16.1 Å². The molecule has 2 aromatic carbocycles. The van der Waals surface area contributed by atoms with Gasteiger partial charge in [-0.1, -0.05) is 17.7 Å². The third-order valence-electron chi connectivity index (χ3n) is 4.19. The number of aromatic nitrogens is 2. The van der Waals surface area contributed by atoms with E-state index in [-0.39, 0.29) is 17.6 Å². The first-order valence-corrected chi connectivity index (χ1v) is 8.12. The molecule has 1 aromatic heterocycles. The standard InChI is InChI=1S/C18H13ClFN3O2/c19-12-3-1-2-11(10-12)15-22-23-17(25-15)18(8-9-18)16(24)21-14-6-4-13(20)5-7-14/h1-7,10H,8-9H2,(H,21,24). The second-order valence-electron chi connectivity index (χ2n) is 5.97. The van der Waals surface area contributed by atoms with Gasteiger partial charge in [0.05, 0.1) is 0 Å². The summed E-state index contributed by atoms with van der Waals surface area (Å²) < 4.78 is 18.7. The summed E-state index contributed by atoms with van der Waals surface area (Å²) in [6, 6.07) is 12.7. The van der Waals surface area contributed by atoms with Gasteiger partial charge >= 0.3 is 0 Å². The summed E-state index contributed by atoms with van der Waals surface area (Å²) in [6.45, 7) is 0. The third-order valence-corrected chi connectivity index (χ3v) is 4.43. The van der Waals surface area contributed by atoms with E-state index >= 15 is 0 Å². The van der Waals surface area contributed by atoms with Crippen LogP contribution in [0.5, 0.6) is 0 Å². The number of amides is 1. The molecule has 0 spiro atoms. The Morgan fingerprint density at radius 3 is 2.60 bits per heavy atom. The predicted molar refractivity (Wildman–Crippen MR) is 90.7 cm³/mol. The molecule has 1 aliphatic carbocycles. The SMILES string of the molecule is O=C(Nc1ccc(F)cc1)C1(c2nnc(-c3cccc(Cl)c3)o2)CC1. The summed E-state index contributed by atoms with van der Waals surface area (Å²) in [7, 11) is 0. The molecule has 0 atom stereocenters. The van der Waals surface area contributed by atoms with E-state index in [4.69, 9.17) is 16.0 Å². The minimum Gasteiger partial charge on any atom is -0.420 e. The molecular weight excluding hydrogens is 345 g/mol. The van der Waals surface area contributed by atoms with Gasteiger partial charge in [-0.05, 0) is 55.3 Å². The van der Waals surface area contributed by atoms with Crippen molar-refractivity contribution in [2.24, 2.45) is 0 Å². The summed E-state index contributed by atoms with van der Waals surface area (Å²) in [6.07, 6.45) is 1.24. The van der Waals surface area contributed by atoms with E-state index in [9.17, 15) is 9.18 Å². The minimum absolute atomic E-state index is 0.236. The lowest BCUT2D eigenvalue weighted by molar-refractivity contribution is -0.119. The highest BCUT2D eigenvalue weighted by Gasteiger charge is 2.56. The largest absolute Gasteiger partial charge is 0.420 e. The molecule has 1 heterocycles. The van der Waals surface area contributed by atoms with Gasteiger partial charge in [-0.25, -0.2) is 4.39 Å². The number of hydrogen-bond donors (Lipinski definition) is 1. The lowest BCUT2D eigenvalue weighted by Gasteiger charge is -2.11. The molecule has 1 aliphatic rings. The maximum Gasteiger partial charge on any atom is 0.247 e. The lowest BCUT2D eigenvalue weighted by atomic mass is 10.1. The van der Waals surface area contributed by atoms with Gasteiger partial charge in [0.2, 0.25) is 17.7 Å². The Morgan fingerprint density at radius 1 is 1.16 bits per heavy atom. The molecule has 3 aromatic rings. The van der Waals surface area contributed by atoms with E-state index in [0.717, 1.165) is 0 Å². The zero-order valence-corrected chi connectivity index (χ0v) is 13.8. The number of carbonyl (C=O) groups excluding carboxylic acids is 1. The van der Waals surface area contributed by atoms with Gasteiger partial charge in [-0.15, -0.1) is 10.2 Å². The first kappa shape index (κ1) is 15.8. The van der Waals surface area contributed by atoms with Crippen molar-refractivity contribution in [3.05, 3.63) is 65.3 Å². The van der Waals surface area contributed by atoms with Crippen LogP contribution in [0.25, 0.3) is 11.5 Å². The maximum absolute atomic E-state index is 13.0. The maximum atomic E-state index is 13.0. The number of hydrogen-bond acceptors (Lipinski definition) is 4. The second-order valence-corrected chi connectivity index (χ2v) is 6.40. The monoisotopic (exact) mass is 357 g/mol. The highest BCUT2D eigenvalue weighted by atomic mass is 35.5. The van der Waals surface area contributed by atoms with Crippen LogP contribution in [0.4, 0.5) is 10.1 Å². The van der Waals surface area contributed by atoms with Gasteiger partial charge in [-0.2, -0.15) is 0 Å². The molecule has 0 unspecified atom stereocenters. The molecule has 1 fully saturated rings. The second kappa shape index (κ2) is 5.97. The van der Waals surface area contributed by atoms with E-state index < -0.39 is 5.41 Å². The van der Waals surface area contributed by atoms with E-state index in [0.29, 0.717) is 35.0 Å². The zero-order valence-electron chi connectivity index (χ0n) is 13.0. The minimum atomic E-state index is -0.821. The number of benzene rings is 2. The summed E-state index contributed by atoms with van der Waals surface area (Å²) >= 11 is 5.97. The molecule has 1 saturated carbocycles. The molecule has 7 heteroatoms. The van der Waals surface area contributed by atoms with Crippen LogP contribution in [0, 0.1) is 5.82 Å². The summed E-state index contributed by atoms with van der Waals surface area (Å²) in [5.74, 6) is 0.00282. The zero-order chi connectivity index (χ0) is 17.4. The predicted octanol–water partition coefficient (Wildman–Crippen LogP) is 4.20. The van der Waals surface area contributed by atoms with Crippen LogP contribution in [-0.2, 0) is 10.2 Å². The molecule has 1 N–H and O–H groups in total. The van der Waals surface area contributed by atoms with Crippen molar-refractivity contribution in [1.82, 2.24) is 10.2 Å². The van der Waals surface area contributed by atoms with Crippen LogP contribution in [0.15, 0.2) is 52.9 Å². The summed E-state index contributed by atoms with van der Waals surface area (Å²) in [5.41, 5.74) is 0.395. The van der Waals surface area contributed by atoms with Crippen LogP contribution in [0.3, 0.4) is 0 Å². The highest BCUT2D eigenvalue weighted by molar-refractivity contribution is 6.30. The molecule has 4 rings (SSSR count). The average molecular weight is 358 g/mol. The van der Waals surface area contributed by atoms with E-state index in [1.165, 1.54) is 24.3 Å². The van der Waals surface area contributed by atoms with Crippen molar-refractivity contribution in [3.8, 4) is 11.5 Å². The van der Waals surface area contributed by atoms with Crippen LogP contribution in [0.2, 0.25) is 5.02 Å². The summed E-state index contributed by atoms with van der Waals surface area (Å²) in [4.78, 5) is 12.6. The van der Waals surface area contributed by atoms with E-state index in [1.807, 2.05) is 0 Å². The molecule has 1 amide bonds. The topological polar surface area (TPSA) is 68.0 Å². The highest BCUT2D eigenvalue weighted by Crippen LogP contribution is 2.48. The molecule has 126 valence electrons. The smallest absolute Gasteiger partial charge is 0.247 e. The molecule has 25 heavy (non-hydrogen) atoms. The van der Waals surface area contributed by atoms with Crippen LogP contribution >= 0.6 is 11.6 Å². The Morgan fingerprint density at radius 2 is 1.92 bits per heavy atom. The number of nitrogens with one attached hydrogen (secondary N) is 1. The van der Waals surface area contributed by atoms with Gasteiger partial charge in [0.15, 0.2) is 0 Å². The van der Waals surface area contributed by atoms with Crippen molar-refractivity contribution in [2.45, 2.75) is 18.3 Å². The van der Waals surface area contributed by atoms with Gasteiger partial charge < -0.3 is 9.73 Å². The van der Waals surface area contributed by atoms with Gasteiger partial charge in [0.25, 0.3) is 0 Å². The van der Waals surface area contributed by atoms with Crippen molar-refractivity contribution in [3.63, 3.8) is 0 Å². The fourth-order valence-electron chi connectivity index (χ4n) is 2.60. The first-order valence-electron chi connectivity index (χ1n) is 7.74. The first-order chi connectivity index (χ1) is 12.1. The Hall–Kier alpha value is -2.73. The molecule has 0 radical (unpaired) electrons. The normalized spacial score (nSPS) is 15.0. The molecule has 0 saturated heterocycles. The lowest BCUT2D eigenvalue weighted by Crippen LogP contribution is -2.28. The molecule has 0 bridgehead atoms. The van der Waals surface area contributed by atoms with Crippen molar-refractivity contribution in [1.29, 1.82) is 0 Å². The fraction of sp³-hybridized carbons (Fsp3) is 0.167. The Labute approximate surface area is 147 Å². The third kappa shape index (κ3) is 3.00. The van der Waals surface area contributed by atoms with E-state index in [2.05, 4.69) is 15.5 Å². The quantitative estimate of drug-likeness (QED) is 0.759. The molecular formula is C18H13ClFN3O2. The number of halogens is 2. The number of carbonyl (C=O) groups is 1. The van der Waals surface area contributed by atoms with Crippen LogP contribution in [0.1, 0.15) is 18.7 Å². The Bertz CT molecular complexity index is 936. The summed E-state index contributed by atoms with van der Waals surface area (Å²) in [5, 5.41) is 11.4.